The van der Waals surface area contributed by atoms with E-state index in [0.29, 0.717) is 0 Å². The Bertz CT molecular complexity index is 1040. The number of hydrogen-bond acceptors (Lipinski definition) is 4. The summed E-state index contributed by atoms with van der Waals surface area (Å²) in [6.45, 7) is 4.41. The van der Waals surface area contributed by atoms with Crippen molar-refractivity contribution in [3.8, 4) is 22.4 Å². The van der Waals surface area contributed by atoms with Crippen molar-refractivity contribution in [2.24, 2.45) is 0 Å². The number of fused-ring (bicyclic) bond motifs is 1. The Morgan fingerprint density at radius 3 is 2.56 bits per heavy atom. The van der Waals surface area contributed by atoms with Crippen LogP contribution in [0.5, 0.6) is 0 Å². The fourth-order valence-corrected chi connectivity index (χ4v) is 3.80. The summed E-state index contributed by atoms with van der Waals surface area (Å²) >= 11 is 0. The highest BCUT2D eigenvalue weighted by Gasteiger charge is 2.14. The van der Waals surface area contributed by atoms with E-state index in [4.69, 9.17) is 0 Å². The third-order valence-electron chi connectivity index (χ3n) is 5.26. The maximum atomic E-state index is 4.60. The SMILES string of the molecule is c1ccc(-c2ccnc3c(-c4cnn(CCN5CCCC5)c4)cnn23)cc1. The van der Waals surface area contributed by atoms with Gasteiger partial charge in [0.1, 0.15) is 0 Å². The lowest BCUT2D eigenvalue weighted by Crippen LogP contribution is -2.24. The van der Waals surface area contributed by atoms with Crippen LogP contribution in [0.15, 0.2) is 61.2 Å². The Balaban J connectivity index is 1.44. The fraction of sp³-hybridized carbons (Fsp3) is 0.286. The van der Waals surface area contributed by atoms with Crippen LogP contribution in [0.1, 0.15) is 12.8 Å². The summed E-state index contributed by atoms with van der Waals surface area (Å²) in [7, 11) is 0. The van der Waals surface area contributed by atoms with Crippen molar-refractivity contribution in [3.05, 3.63) is 61.2 Å². The molecular weight excluding hydrogens is 336 g/mol. The van der Waals surface area contributed by atoms with E-state index in [-0.39, 0.29) is 0 Å². The minimum absolute atomic E-state index is 0.857. The van der Waals surface area contributed by atoms with E-state index in [2.05, 4.69) is 38.4 Å². The molecule has 1 aliphatic heterocycles. The van der Waals surface area contributed by atoms with E-state index in [1.165, 1.54) is 25.9 Å². The predicted octanol–water partition coefficient (Wildman–Crippen LogP) is 3.36. The van der Waals surface area contributed by atoms with Gasteiger partial charge in [0, 0.05) is 35.6 Å². The molecule has 0 atom stereocenters. The van der Waals surface area contributed by atoms with E-state index in [1.807, 2.05) is 52.1 Å². The maximum Gasteiger partial charge on any atom is 0.163 e. The number of aromatic nitrogens is 5. The van der Waals surface area contributed by atoms with Crippen molar-refractivity contribution < 1.29 is 0 Å². The lowest BCUT2D eigenvalue weighted by Gasteiger charge is -2.13. The second-order valence-corrected chi connectivity index (χ2v) is 7.03. The van der Waals surface area contributed by atoms with Gasteiger partial charge in [0.2, 0.25) is 0 Å². The zero-order chi connectivity index (χ0) is 18.1. The van der Waals surface area contributed by atoms with Gasteiger partial charge in [-0.1, -0.05) is 30.3 Å². The topological polar surface area (TPSA) is 51.2 Å². The Kier molecular flexibility index (Phi) is 4.18. The van der Waals surface area contributed by atoms with Crippen molar-refractivity contribution in [3.63, 3.8) is 0 Å². The van der Waals surface area contributed by atoms with Gasteiger partial charge < -0.3 is 4.90 Å². The minimum atomic E-state index is 0.857. The summed E-state index contributed by atoms with van der Waals surface area (Å²) < 4.78 is 3.93. The molecular formula is C21H22N6. The lowest BCUT2D eigenvalue weighted by atomic mass is 10.1. The lowest BCUT2D eigenvalue weighted by molar-refractivity contribution is 0.316. The van der Waals surface area contributed by atoms with Crippen LogP contribution < -0.4 is 0 Å². The van der Waals surface area contributed by atoms with Crippen LogP contribution in [0.4, 0.5) is 0 Å². The molecule has 0 amide bonds. The van der Waals surface area contributed by atoms with E-state index in [9.17, 15) is 0 Å². The molecule has 4 heterocycles. The van der Waals surface area contributed by atoms with Gasteiger partial charge in [0.05, 0.1) is 24.6 Å². The molecule has 0 bridgehead atoms. The molecule has 6 nitrogen and oxygen atoms in total. The van der Waals surface area contributed by atoms with Crippen LogP contribution in [0.2, 0.25) is 0 Å². The van der Waals surface area contributed by atoms with Gasteiger partial charge in [-0.05, 0) is 32.0 Å². The standard InChI is InChI=1S/C21H22N6/c1-2-6-17(7-3-1)20-8-9-22-21-19(15-24-27(20)21)18-14-23-26(16-18)13-12-25-10-4-5-11-25/h1-3,6-9,14-16H,4-5,10-13H2. The summed E-state index contributed by atoms with van der Waals surface area (Å²) in [6.07, 6.45) is 10.4. The van der Waals surface area contributed by atoms with Crippen LogP contribution >= 0.6 is 0 Å². The molecule has 0 spiro atoms. The molecule has 27 heavy (non-hydrogen) atoms. The van der Waals surface area contributed by atoms with Crippen LogP contribution in [0.25, 0.3) is 28.0 Å². The average molecular weight is 358 g/mol. The van der Waals surface area contributed by atoms with Crippen LogP contribution in [-0.2, 0) is 6.54 Å². The number of nitrogens with zero attached hydrogens (tertiary/aromatic N) is 6. The van der Waals surface area contributed by atoms with E-state index in [0.717, 1.165) is 41.1 Å². The molecule has 0 saturated carbocycles. The largest absolute Gasteiger partial charge is 0.301 e. The van der Waals surface area contributed by atoms with Gasteiger partial charge in [-0.15, -0.1) is 0 Å². The van der Waals surface area contributed by atoms with Gasteiger partial charge in [0.25, 0.3) is 0 Å². The molecule has 3 aromatic heterocycles. The van der Waals surface area contributed by atoms with Gasteiger partial charge in [-0.2, -0.15) is 10.2 Å². The Labute approximate surface area is 158 Å². The Morgan fingerprint density at radius 2 is 1.70 bits per heavy atom. The zero-order valence-electron chi connectivity index (χ0n) is 15.2. The molecule has 6 heteroatoms. The van der Waals surface area contributed by atoms with Crippen molar-refractivity contribution in [2.45, 2.75) is 19.4 Å². The van der Waals surface area contributed by atoms with Crippen LogP contribution in [0.3, 0.4) is 0 Å². The molecule has 4 aromatic rings. The normalized spacial score (nSPS) is 15.0. The van der Waals surface area contributed by atoms with Crippen molar-refractivity contribution in [1.29, 1.82) is 0 Å². The molecule has 1 aromatic carbocycles. The van der Waals surface area contributed by atoms with Gasteiger partial charge in [0.15, 0.2) is 5.65 Å². The fourth-order valence-electron chi connectivity index (χ4n) is 3.80. The Morgan fingerprint density at radius 1 is 0.852 bits per heavy atom. The predicted molar refractivity (Wildman–Crippen MR) is 105 cm³/mol. The third-order valence-corrected chi connectivity index (χ3v) is 5.26. The number of rotatable bonds is 5. The number of benzene rings is 1. The second kappa shape index (κ2) is 6.96. The van der Waals surface area contributed by atoms with Crippen LogP contribution in [0, 0.1) is 0 Å². The van der Waals surface area contributed by atoms with Gasteiger partial charge in [-0.3, -0.25) is 4.68 Å². The Hall–Kier alpha value is -2.99. The molecule has 5 rings (SSSR count). The minimum Gasteiger partial charge on any atom is -0.301 e. The highest BCUT2D eigenvalue weighted by molar-refractivity contribution is 5.78. The van der Waals surface area contributed by atoms with Crippen LogP contribution in [-0.4, -0.2) is 48.9 Å². The van der Waals surface area contributed by atoms with Crippen molar-refractivity contribution >= 4 is 5.65 Å². The monoisotopic (exact) mass is 358 g/mol. The highest BCUT2D eigenvalue weighted by atomic mass is 15.3. The molecule has 136 valence electrons. The average Bonchev–Trinajstić information content (AvgIpc) is 3.46. The first kappa shape index (κ1) is 16.2. The summed E-state index contributed by atoms with van der Waals surface area (Å²) in [4.78, 5) is 7.08. The summed E-state index contributed by atoms with van der Waals surface area (Å²) in [5.41, 5.74) is 5.09. The van der Waals surface area contributed by atoms with E-state index >= 15 is 0 Å². The smallest absolute Gasteiger partial charge is 0.163 e. The molecule has 1 fully saturated rings. The maximum absolute atomic E-state index is 4.60. The summed E-state index contributed by atoms with van der Waals surface area (Å²) in [6, 6.07) is 12.3. The van der Waals surface area contributed by atoms with E-state index < -0.39 is 0 Å². The second-order valence-electron chi connectivity index (χ2n) is 7.03. The zero-order valence-corrected chi connectivity index (χ0v) is 15.2. The van der Waals surface area contributed by atoms with E-state index in [1.54, 1.807) is 0 Å². The first-order valence-electron chi connectivity index (χ1n) is 9.52. The third kappa shape index (κ3) is 3.13. The molecule has 1 saturated heterocycles. The molecule has 0 N–H and O–H groups in total. The summed E-state index contributed by atoms with van der Waals surface area (Å²) in [5.74, 6) is 0. The molecule has 0 radical (unpaired) electrons. The number of likely N-dealkylation sites (tertiary alicyclic amines) is 1. The first-order valence-corrected chi connectivity index (χ1v) is 9.52. The van der Waals surface area contributed by atoms with Crippen molar-refractivity contribution in [1.82, 2.24) is 29.3 Å². The van der Waals surface area contributed by atoms with Gasteiger partial charge in [-0.25, -0.2) is 9.50 Å². The highest BCUT2D eigenvalue weighted by Crippen LogP contribution is 2.26. The molecule has 0 unspecified atom stereocenters. The number of hydrogen-bond donors (Lipinski definition) is 0. The summed E-state index contributed by atoms with van der Waals surface area (Å²) in [5, 5.41) is 9.14. The first-order chi connectivity index (χ1) is 13.4. The molecule has 1 aliphatic rings. The van der Waals surface area contributed by atoms with Crippen molar-refractivity contribution in [2.75, 3.05) is 19.6 Å². The van der Waals surface area contributed by atoms with Gasteiger partial charge >= 0.3 is 0 Å². The molecule has 0 aliphatic carbocycles. The quantitative estimate of drug-likeness (QED) is 0.549.